The highest BCUT2D eigenvalue weighted by Crippen LogP contribution is 2.39. The molecule has 1 aromatic rings. The van der Waals surface area contributed by atoms with Gasteiger partial charge in [0.25, 0.3) is 5.91 Å². The number of hydrogen-bond acceptors (Lipinski definition) is 6. The highest BCUT2D eigenvalue weighted by atomic mass is 32.2. The quantitative estimate of drug-likeness (QED) is 0.737. The maximum atomic E-state index is 12.1. The van der Waals surface area contributed by atoms with Gasteiger partial charge in [-0.25, -0.2) is 0 Å². The van der Waals surface area contributed by atoms with E-state index in [-0.39, 0.29) is 18.2 Å². The Morgan fingerprint density at radius 3 is 2.85 bits per heavy atom. The maximum Gasteiger partial charge on any atom is 0.307 e. The van der Waals surface area contributed by atoms with E-state index in [1.807, 2.05) is 18.2 Å². The van der Waals surface area contributed by atoms with Crippen LogP contribution in [0.5, 0.6) is 0 Å². The van der Waals surface area contributed by atoms with E-state index < -0.39 is 29.3 Å². The summed E-state index contributed by atoms with van der Waals surface area (Å²) in [7, 11) is 0. The molecule has 3 rings (SSSR count). The Bertz CT molecular complexity index is 787. The van der Waals surface area contributed by atoms with Crippen LogP contribution in [0.4, 0.5) is 5.69 Å². The molecule has 0 saturated heterocycles. The zero-order valence-corrected chi connectivity index (χ0v) is 15.1. The van der Waals surface area contributed by atoms with Gasteiger partial charge in [0.05, 0.1) is 23.4 Å². The molecule has 0 unspecified atom stereocenters. The first-order valence-corrected chi connectivity index (χ1v) is 9.23. The van der Waals surface area contributed by atoms with Gasteiger partial charge in [0.1, 0.15) is 5.54 Å². The highest BCUT2D eigenvalue weighted by molar-refractivity contribution is 8.01. The van der Waals surface area contributed by atoms with Crippen LogP contribution in [0.3, 0.4) is 0 Å². The van der Waals surface area contributed by atoms with Crippen LogP contribution in [0.2, 0.25) is 0 Å². The van der Waals surface area contributed by atoms with Crippen molar-refractivity contribution in [3.63, 3.8) is 0 Å². The first kappa shape index (κ1) is 18.3. The number of thioether (sulfide) groups is 1. The largest absolute Gasteiger partial charge is 0.456 e. The van der Waals surface area contributed by atoms with Gasteiger partial charge in [0.2, 0.25) is 5.91 Å². The SMILES string of the molecule is C[C@@](C#N)(NC(=O)COC(=O)C[C@H]1Sc2ccccc2NC1=O)C1CC1. The second kappa shape index (κ2) is 7.38. The number of anilines is 1. The number of rotatable bonds is 6. The van der Waals surface area contributed by atoms with Gasteiger partial charge in [-0.2, -0.15) is 5.26 Å². The average Bonchev–Trinajstić information content (AvgIpc) is 3.46. The van der Waals surface area contributed by atoms with Crippen LogP contribution in [0.25, 0.3) is 0 Å². The van der Waals surface area contributed by atoms with Crippen LogP contribution in [0.1, 0.15) is 26.2 Å². The van der Waals surface area contributed by atoms with Crippen molar-refractivity contribution in [3.8, 4) is 6.07 Å². The third-order valence-electron chi connectivity index (χ3n) is 4.45. The summed E-state index contributed by atoms with van der Waals surface area (Å²) < 4.78 is 4.98. The van der Waals surface area contributed by atoms with Crippen molar-refractivity contribution < 1.29 is 19.1 Å². The molecule has 1 saturated carbocycles. The van der Waals surface area contributed by atoms with E-state index in [4.69, 9.17) is 4.74 Å². The van der Waals surface area contributed by atoms with Crippen molar-refractivity contribution in [1.29, 1.82) is 5.26 Å². The fourth-order valence-electron chi connectivity index (χ4n) is 2.79. The molecule has 136 valence electrons. The number of esters is 1. The van der Waals surface area contributed by atoms with Crippen LogP contribution in [0.15, 0.2) is 29.2 Å². The van der Waals surface area contributed by atoms with Crippen LogP contribution in [-0.4, -0.2) is 35.2 Å². The first-order valence-electron chi connectivity index (χ1n) is 8.36. The minimum absolute atomic E-state index is 0.129. The zero-order chi connectivity index (χ0) is 18.7. The van der Waals surface area contributed by atoms with E-state index in [0.29, 0.717) is 0 Å². The van der Waals surface area contributed by atoms with Gasteiger partial charge in [-0.1, -0.05) is 12.1 Å². The standard InChI is InChI=1S/C18H19N3O4S/c1-18(10-19,11-6-7-11)21-15(22)9-25-16(23)8-14-17(24)20-12-4-2-3-5-13(12)26-14/h2-5,11,14H,6-9H2,1H3,(H,20,24)(H,21,22)/t14-,18+/m1/s1. The molecule has 0 bridgehead atoms. The predicted octanol–water partition coefficient (Wildman–Crippen LogP) is 1.84. The molecule has 1 fully saturated rings. The number of amides is 2. The number of carbonyl (C=O) groups excluding carboxylic acids is 3. The summed E-state index contributed by atoms with van der Waals surface area (Å²) in [5.74, 6) is -1.26. The molecule has 8 heteroatoms. The minimum atomic E-state index is -0.924. The molecular formula is C18H19N3O4S. The monoisotopic (exact) mass is 373 g/mol. The van der Waals surface area contributed by atoms with Gasteiger partial charge in [-0.15, -0.1) is 11.8 Å². The third-order valence-corrected chi connectivity index (χ3v) is 5.72. The average molecular weight is 373 g/mol. The maximum absolute atomic E-state index is 12.1. The predicted molar refractivity (Wildman–Crippen MR) is 95.2 cm³/mol. The smallest absolute Gasteiger partial charge is 0.307 e. The fourth-order valence-corrected chi connectivity index (χ4v) is 3.89. The first-order chi connectivity index (χ1) is 12.4. The number of carbonyl (C=O) groups is 3. The lowest BCUT2D eigenvalue weighted by Gasteiger charge is -2.24. The van der Waals surface area contributed by atoms with Crippen LogP contribution >= 0.6 is 11.8 Å². The van der Waals surface area contributed by atoms with Gasteiger partial charge < -0.3 is 15.4 Å². The molecule has 26 heavy (non-hydrogen) atoms. The molecule has 0 radical (unpaired) electrons. The number of benzene rings is 1. The van der Waals surface area contributed by atoms with Crippen molar-refractivity contribution in [2.24, 2.45) is 5.92 Å². The molecule has 7 nitrogen and oxygen atoms in total. The zero-order valence-electron chi connectivity index (χ0n) is 14.3. The number of hydrogen-bond donors (Lipinski definition) is 2. The molecule has 2 amide bonds. The molecule has 2 atom stereocenters. The summed E-state index contributed by atoms with van der Waals surface area (Å²) >= 11 is 1.30. The van der Waals surface area contributed by atoms with E-state index in [9.17, 15) is 19.6 Å². The number of nitriles is 1. The second-order valence-corrected chi connectivity index (χ2v) is 7.84. The molecule has 2 N–H and O–H groups in total. The Balaban J connectivity index is 1.48. The Morgan fingerprint density at radius 1 is 1.42 bits per heavy atom. The van der Waals surface area contributed by atoms with Gasteiger partial charge in [0, 0.05) is 4.90 Å². The van der Waals surface area contributed by atoms with Crippen LogP contribution < -0.4 is 10.6 Å². The van der Waals surface area contributed by atoms with Crippen molar-refractivity contribution in [2.75, 3.05) is 11.9 Å². The fraction of sp³-hybridized carbons (Fsp3) is 0.444. The van der Waals surface area contributed by atoms with Crippen molar-refractivity contribution in [3.05, 3.63) is 24.3 Å². The van der Waals surface area contributed by atoms with Gasteiger partial charge in [0.15, 0.2) is 6.61 Å². The Hall–Kier alpha value is -2.53. The lowest BCUT2D eigenvalue weighted by atomic mass is 9.98. The lowest BCUT2D eigenvalue weighted by molar-refractivity contribution is -0.149. The van der Waals surface area contributed by atoms with E-state index in [0.717, 1.165) is 23.4 Å². The molecular weight excluding hydrogens is 354 g/mol. The van der Waals surface area contributed by atoms with Gasteiger partial charge >= 0.3 is 5.97 Å². The molecule has 0 spiro atoms. The van der Waals surface area contributed by atoms with Crippen molar-refractivity contribution >= 4 is 35.2 Å². The second-order valence-electron chi connectivity index (χ2n) is 6.59. The molecule has 1 aromatic carbocycles. The summed E-state index contributed by atoms with van der Waals surface area (Å²) in [4.78, 5) is 36.9. The van der Waals surface area contributed by atoms with Crippen molar-refractivity contribution in [1.82, 2.24) is 5.32 Å². The number of para-hydroxylation sites is 1. The Labute approximate surface area is 155 Å². The number of nitrogens with zero attached hydrogens (tertiary/aromatic N) is 1. The van der Waals surface area contributed by atoms with Crippen molar-refractivity contribution in [2.45, 2.75) is 41.9 Å². The summed E-state index contributed by atoms with van der Waals surface area (Å²) in [5, 5.41) is 14.0. The summed E-state index contributed by atoms with van der Waals surface area (Å²) in [6.07, 6.45) is 1.68. The number of fused-ring (bicyclic) bond motifs is 1. The Morgan fingerprint density at radius 2 is 2.15 bits per heavy atom. The molecule has 1 heterocycles. The van der Waals surface area contributed by atoms with Gasteiger partial charge in [-0.05, 0) is 37.8 Å². The third kappa shape index (κ3) is 4.17. The van der Waals surface area contributed by atoms with E-state index >= 15 is 0 Å². The normalized spacial score (nSPS) is 20.8. The van der Waals surface area contributed by atoms with E-state index in [1.165, 1.54) is 11.8 Å². The van der Waals surface area contributed by atoms with Crippen LogP contribution in [-0.2, 0) is 19.1 Å². The Kier molecular flexibility index (Phi) is 5.18. The molecule has 1 aliphatic heterocycles. The summed E-state index contributed by atoms with van der Waals surface area (Å²) in [6, 6.07) is 9.45. The minimum Gasteiger partial charge on any atom is -0.456 e. The van der Waals surface area contributed by atoms with Gasteiger partial charge in [-0.3, -0.25) is 14.4 Å². The topological polar surface area (TPSA) is 108 Å². The van der Waals surface area contributed by atoms with Crippen LogP contribution in [0, 0.1) is 17.2 Å². The molecule has 0 aromatic heterocycles. The molecule has 1 aliphatic carbocycles. The summed E-state index contributed by atoms with van der Waals surface area (Å²) in [6.45, 7) is 1.21. The van der Waals surface area contributed by atoms with E-state index in [1.54, 1.807) is 13.0 Å². The number of nitrogens with one attached hydrogen (secondary N) is 2. The molecule has 2 aliphatic rings. The highest BCUT2D eigenvalue weighted by Gasteiger charge is 2.43. The lowest BCUT2D eigenvalue weighted by Crippen LogP contribution is -2.48. The summed E-state index contributed by atoms with van der Waals surface area (Å²) in [5.41, 5.74) is -0.200. The number of ether oxygens (including phenoxy) is 1. The van der Waals surface area contributed by atoms with E-state index in [2.05, 4.69) is 16.7 Å².